The number of benzene rings is 2. The van der Waals surface area contributed by atoms with Gasteiger partial charge in [0.1, 0.15) is 5.75 Å². The number of ether oxygens (including phenoxy) is 1. The van der Waals surface area contributed by atoms with Crippen molar-refractivity contribution in [3.05, 3.63) is 64.1 Å². The number of nitrogens with zero attached hydrogens (tertiary/aromatic N) is 1. The van der Waals surface area contributed by atoms with Gasteiger partial charge in [0, 0.05) is 17.4 Å². The number of hydrogen-bond donors (Lipinski definition) is 0. The average Bonchev–Trinajstić information content (AvgIpc) is 3.10. The van der Waals surface area contributed by atoms with Crippen molar-refractivity contribution >= 4 is 21.8 Å². The zero-order valence-electron chi connectivity index (χ0n) is 13.9. The largest absolute Gasteiger partial charge is 0.497 e. The summed E-state index contributed by atoms with van der Waals surface area (Å²) in [6, 6.07) is 16.5. The second-order valence-corrected chi connectivity index (χ2v) is 7.06. The number of halogens is 1. The van der Waals surface area contributed by atoms with Crippen LogP contribution in [0.15, 0.2) is 53.0 Å². The van der Waals surface area contributed by atoms with E-state index in [4.69, 9.17) is 4.74 Å². The molecule has 1 saturated heterocycles. The van der Waals surface area contributed by atoms with Crippen molar-refractivity contribution in [2.24, 2.45) is 0 Å². The number of likely N-dealkylation sites (tertiary alicyclic amines) is 1. The second-order valence-electron chi connectivity index (χ2n) is 6.15. The minimum Gasteiger partial charge on any atom is -0.497 e. The third-order valence-electron chi connectivity index (χ3n) is 4.59. The predicted octanol–water partition coefficient (Wildman–Crippen LogP) is 4.75. The number of rotatable bonds is 5. The standard InChI is InChI=1S/C20H22BrNO2/c1-24-18-10-7-15(8-11-18)9-12-20(23)22-13-3-6-19(22)16-4-2-5-17(21)14-16/h2,4-5,7-8,10-11,14,19H,3,6,9,12-13H2,1H3/t19-/m1/s1. The summed E-state index contributed by atoms with van der Waals surface area (Å²) in [5.41, 5.74) is 2.39. The third-order valence-corrected chi connectivity index (χ3v) is 5.09. The van der Waals surface area contributed by atoms with Crippen LogP contribution in [0.3, 0.4) is 0 Å². The molecular weight excluding hydrogens is 366 g/mol. The van der Waals surface area contributed by atoms with Crippen molar-refractivity contribution in [3.8, 4) is 5.75 Å². The molecule has 0 saturated carbocycles. The molecule has 0 N–H and O–H groups in total. The molecule has 0 aromatic heterocycles. The Balaban J connectivity index is 1.63. The maximum Gasteiger partial charge on any atom is 0.223 e. The van der Waals surface area contributed by atoms with E-state index in [2.05, 4.69) is 28.1 Å². The van der Waals surface area contributed by atoms with Crippen LogP contribution >= 0.6 is 15.9 Å². The van der Waals surface area contributed by atoms with E-state index in [-0.39, 0.29) is 11.9 Å². The molecule has 0 unspecified atom stereocenters. The lowest BCUT2D eigenvalue weighted by Crippen LogP contribution is -2.30. The van der Waals surface area contributed by atoms with E-state index in [1.54, 1.807) is 7.11 Å². The molecule has 3 nitrogen and oxygen atoms in total. The number of carbonyl (C=O) groups excluding carboxylic acids is 1. The monoisotopic (exact) mass is 387 g/mol. The number of methoxy groups -OCH3 is 1. The molecule has 1 heterocycles. The topological polar surface area (TPSA) is 29.5 Å². The van der Waals surface area contributed by atoms with Gasteiger partial charge < -0.3 is 9.64 Å². The molecule has 24 heavy (non-hydrogen) atoms. The van der Waals surface area contributed by atoms with Gasteiger partial charge in [-0.05, 0) is 54.7 Å². The van der Waals surface area contributed by atoms with E-state index in [0.29, 0.717) is 6.42 Å². The molecule has 2 aromatic rings. The highest BCUT2D eigenvalue weighted by Gasteiger charge is 2.29. The van der Waals surface area contributed by atoms with Gasteiger partial charge in [0.2, 0.25) is 5.91 Å². The Bertz CT molecular complexity index is 699. The van der Waals surface area contributed by atoms with Crippen LogP contribution in [0.25, 0.3) is 0 Å². The molecule has 1 fully saturated rings. The molecule has 126 valence electrons. The fraction of sp³-hybridized carbons (Fsp3) is 0.350. The molecule has 1 amide bonds. The van der Waals surface area contributed by atoms with Crippen LogP contribution in [0.1, 0.15) is 36.4 Å². The molecule has 2 aromatic carbocycles. The summed E-state index contributed by atoms with van der Waals surface area (Å²) < 4.78 is 6.24. The fourth-order valence-electron chi connectivity index (χ4n) is 3.31. The van der Waals surface area contributed by atoms with Gasteiger partial charge in [0.15, 0.2) is 0 Å². The molecule has 3 rings (SSSR count). The zero-order valence-corrected chi connectivity index (χ0v) is 15.5. The van der Waals surface area contributed by atoms with Crippen LogP contribution in [0.2, 0.25) is 0 Å². The van der Waals surface area contributed by atoms with Gasteiger partial charge in [0.05, 0.1) is 13.2 Å². The molecule has 4 heteroatoms. The molecule has 1 aliphatic rings. The molecule has 1 atom stereocenters. The minimum atomic E-state index is 0.214. The van der Waals surface area contributed by atoms with Gasteiger partial charge in [-0.3, -0.25) is 4.79 Å². The Kier molecular flexibility index (Phi) is 5.56. The summed E-state index contributed by atoms with van der Waals surface area (Å²) in [6.45, 7) is 0.860. The summed E-state index contributed by atoms with van der Waals surface area (Å²) in [7, 11) is 1.66. The summed E-state index contributed by atoms with van der Waals surface area (Å²) in [5, 5.41) is 0. The van der Waals surface area contributed by atoms with Gasteiger partial charge in [0.25, 0.3) is 0 Å². The van der Waals surface area contributed by atoms with Crippen molar-refractivity contribution in [2.45, 2.75) is 31.7 Å². The number of amides is 1. The summed E-state index contributed by atoms with van der Waals surface area (Å²) in [4.78, 5) is 14.7. The van der Waals surface area contributed by atoms with Gasteiger partial charge in [-0.25, -0.2) is 0 Å². The zero-order chi connectivity index (χ0) is 16.9. The molecule has 0 bridgehead atoms. The Morgan fingerprint density at radius 2 is 2.04 bits per heavy atom. The van der Waals surface area contributed by atoms with Crippen molar-refractivity contribution < 1.29 is 9.53 Å². The highest BCUT2D eigenvalue weighted by Crippen LogP contribution is 2.33. The average molecular weight is 388 g/mol. The Morgan fingerprint density at radius 1 is 1.25 bits per heavy atom. The lowest BCUT2D eigenvalue weighted by Gasteiger charge is -2.25. The lowest BCUT2D eigenvalue weighted by molar-refractivity contribution is -0.132. The number of aryl methyl sites for hydroxylation is 1. The van der Waals surface area contributed by atoms with E-state index in [9.17, 15) is 4.79 Å². The predicted molar refractivity (Wildman–Crippen MR) is 99.1 cm³/mol. The maximum atomic E-state index is 12.7. The van der Waals surface area contributed by atoms with Gasteiger partial charge in [-0.1, -0.05) is 40.2 Å². The van der Waals surface area contributed by atoms with Gasteiger partial charge in [-0.2, -0.15) is 0 Å². The van der Waals surface area contributed by atoms with Crippen LogP contribution in [0, 0.1) is 0 Å². The first-order valence-electron chi connectivity index (χ1n) is 8.35. The van der Waals surface area contributed by atoms with Crippen molar-refractivity contribution in [2.75, 3.05) is 13.7 Å². The lowest BCUT2D eigenvalue weighted by atomic mass is 10.0. The van der Waals surface area contributed by atoms with Crippen LogP contribution in [0.4, 0.5) is 0 Å². The Morgan fingerprint density at radius 3 is 2.75 bits per heavy atom. The van der Waals surface area contributed by atoms with Crippen LogP contribution < -0.4 is 4.74 Å². The van der Waals surface area contributed by atoms with Crippen LogP contribution in [0.5, 0.6) is 5.75 Å². The maximum absolute atomic E-state index is 12.7. The molecule has 0 aliphatic carbocycles. The van der Waals surface area contributed by atoms with Crippen molar-refractivity contribution in [1.29, 1.82) is 0 Å². The van der Waals surface area contributed by atoms with Crippen LogP contribution in [-0.4, -0.2) is 24.5 Å². The number of hydrogen-bond acceptors (Lipinski definition) is 2. The van der Waals surface area contributed by atoms with E-state index in [1.165, 1.54) is 11.1 Å². The summed E-state index contributed by atoms with van der Waals surface area (Å²) in [6.07, 6.45) is 3.44. The molecule has 0 spiro atoms. The quantitative estimate of drug-likeness (QED) is 0.740. The first-order valence-corrected chi connectivity index (χ1v) is 9.14. The fourth-order valence-corrected chi connectivity index (χ4v) is 3.73. The third kappa shape index (κ3) is 3.99. The minimum absolute atomic E-state index is 0.214. The van der Waals surface area contributed by atoms with Crippen molar-refractivity contribution in [3.63, 3.8) is 0 Å². The Hall–Kier alpha value is -1.81. The van der Waals surface area contributed by atoms with Gasteiger partial charge >= 0.3 is 0 Å². The molecule has 1 aliphatic heterocycles. The van der Waals surface area contributed by atoms with Crippen LogP contribution in [-0.2, 0) is 11.2 Å². The highest BCUT2D eigenvalue weighted by atomic mass is 79.9. The normalized spacial score (nSPS) is 17.1. The number of carbonyl (C=O) groups is 1. The van der Waals surface area contributed by atoms with E-state index in [1.807, 2.05) is 41.3 Å². The van der Waals surface area contributed by atoms with E-state index in [0.717, 1.165) is 36.0 Å². The highest BCUT2D eigenvalue weighted by molar-refractivity contribution is 9.10. The smallest absolute Gasteiger partial charge is 0.223 e. The summed E-state index contributed by atoms with van der Waals surface area (Å²) >= 11 is 3.53. The first-order chi connectivity index (χ1) is 11.7. The summed E-state index contributed by atoms with van der Waals surface area (Å²) in [5.74, 6) is 1.09. The van der Waals surface area contributed by atoms with Crippen molar-refractivity contribution in [1.82, 2.24) is 4.90 Å². The second kappa shape index (κ2) is 7.84. The first kappa shape index (κ1) is 17.0. The van der Waals surface area contributed by atoms with E-state index >= 15 is 0 Å². The SMILES string of the molecule is COc1ccc(CCC(=O)N2CCC[C@@H]2c2cccc(Br)c2)cc1. The molecule has 0 radical (unpaired) electrons. The van der Waals surface area contributed by atoms with Gasteiger partial charge in [-0.15, -0.1) is 0 Å². The Labute approximate surface area is 151 Å². The molecular formula is C20H22BrNO2. The van der Waals surface area contributed by atoms with E-state index < -0.39 is 0 Å².